The van der Waals surface area contributed by atoms with Crippen molar-refractivity contribution in [3.63, 3.8) is 0 Å². The van der Waals surface area contributed by atoms with E-state index in [0.717, 1.165) is 37.2 Å². The van der Waals surface area contributed by atoms with Crippen LogP contribution < -0.4 is 10.1 Å². The van der Waals surface area contributed by atoms with E-state index in [1.807, 2.05) is 54.6 Å². The standard InChI is InChI=1S/C28H41NO4/c1-2-3-4-5-9-21-33-26-17-15-25(16-18-26)19-20-28(22-30,23-31)29-27(32)14-10-13-24-11-7-6-8-12-24/h6-8,11-12,15-18,30-31H,2-5,9-10,13-14,19-23H2,1H3,(H,29,32). The van der Waals surface area contributed by atoms with Crippen LogP contribution in [0.3, 0.4) is 0 Å². The Morgan fingerprint density at radius 3 is 2.18 bits per heavy atom. The maximum Gasteiger partial charge on any atom is 0.220 e. The molecule has 0 saturated carbocycles. The third kappa shape index (κ3) is 10.4. The highest BCUT2D eigenvalue weighted by atomic mass is 16.5. The highest BCUT2D eigenvalue weighted by molar-refractivity contribution is 5.76. The van der Waals surface area contributed by atoms with Crippen molar-refractivity contribution in [1.29, 1.82) is 0 Å². The molecular weight excluding hydrogens is 414 g/mol. The van der Waals surface area contributed by atoms with Crippen LogP contribution in [0.2, 0.25) is 0 Å². The maximum atomic E-state index is 12.5. The summed E-state index contributed by atoms with van der Waals surface area (Å²) >= 11 is 0. The van der Waals surface area contributed by atoms with Crippen molar-refractivity contribution in [2.75, 3.05) is 19.8 Å². The zero-order valence-electron chi connectivity index (χ0n) is 20.1. The van der Waals surface area contributed by atoms with Gasteiger partial charge in [-0.05, 0) is 55.4 Å². The molecule has 0 fully saturated rings. The van der Waals surface area contributed by atoms with Gasteiger partial charge in [0.2, 0.25) is 5.91 Å². The Kier molecular flexibility index (Phi) is 12.6. The summed E-state index contributed by atoms with van der Waals surface area (Å²) in [5, 5.41) is 22.7. The predicted molar refractivity (Wildman–Crippen MR) is 133 cm³/mol. The van der Waals surface area contributed by atoms with E-state index in [-0.39, 0.29) is 19.1 Å². The molecular formula is C28H41NO4. The highest BCUT2D eigenvalue weighted by Crippen LogP contribution is 2.18. The Hall–Kier alpha value is -2.37. The Morgan fingerprint density at radius 2 is 1.52 bits per heavy atom. The smallest absolute Gasteiger partial charge is 0.220 e. The van der Waals surface area contributed by atoms with Crippen molar-refractivity contribution >= 4 is 5.91 Å². The number of amides is 1. The summed E-state index contributed by atoms with van der Waals surface area (Å²) in [6.45, 7) is 2.35. The minimum atomic E-state index is -1.02. The van der Waals surface area contributed by atoms with Gasteiger partial charge in [-0.15, -0.1) is 0 Å². The van der Waals surface area contributed by atoms with E-state index in [1.165, 1.54) is 31.2 Å². The van der Waals surface area contributed by atoms with Gasteiger partial charge in [-0.2, -0.15) is 0 Å². The Balaban J connectivity index is 1.75. The average molecular weight is 456 g/mol. The number of hydrogen-bond donors (Lipinski definition) is 3. The van der Waals surface area contributed by atoms with Gasteiger partial charge in [0, 0.05) is 6.42 Å². The molecule has 0 aliphatic heterocycles. The molecule has 5 heteroatoms. The number of benzene rings is 2. The van der Waals surface area contributed by atoms with Crippen molar-refractivity contribution in [1.82, 2.24) is 5.32 Å². The summed E-state index contributed by atoms with van der Waals surface area (Å²) in [5.74, 6) is 0.716. The summed E-state index contributed by atoms with van der Waals surface area (Å²) in [6.07, 6.45) is 9.08. The lowest BCUT2D eigenvalue weighted by Crippen LogP contribution is -2.54. The first-order valence-electron chi connectivity index (χ1n) is 12.4. The number of hydrogen-bond acceptors (Lipinski definition) is 4. The SMILES string of the molecule is CCCCCCCOc1ccc(CCC(CO)(CO)NC(=O)CCCc2ccccc2)cc1. The monoisotopic (exact) mass is 455 g/mol. The minimum absolute atomic E-state index is 0.142. The fourth-order valence-electron chi connectivity index (χ4n) is 3.84. The zero-order chi connectivity index (χ0) is 23.8. The molecule has 1 amide bonds. The first kappa shape index (κ1) is 26.9. The van der Waals surface area contributed by atoms with E-state index < -0.39 is 5.54 Å². The van der Waals surface area contributed by atoms with Gasteiger partial charge in [0.15, 0.2) is 0 Å². The maximum absolute atomic E-state index is 12.5. The second-order valence-corrected chi connectivity index (χ2v) is 8.89. The zero-order valence-corrected chi connectivity index (χ0v) is 20.1. The minimum Gasteiger partial charge on any atom is -0.494 e. The van der Waals surface area contributed by atoms with E-state index in [9.17, 15) is 15.0 Å². The van der Waals surface area contributed by atoms with E-state index >= 15 is 0 Å². The Morgan fingerprint density at radius 1 is 0.848 bits per heavy atom. The summed E-state index contributed by atoms with van der Waals surface area (Å²) in [4.78, 5) is 12.5. The summed E-state index contributed by atoms with van der Waals surface area (Å²) in [5.41, 5.74) is 1.26. The number of aliphatic hydroxyl groups excluding tert-OH is 2. The number of carbonyl (C=O) groups is 1. The quantitative estimate of drug-likeness (QED) is 0.299. The van der Waals surface area contributed by atoms with Crippen molar-refractivity contribution in [3.8, 4) is 5.75 Å². The Bertz CT molecular complexity index is 772. The Labute approximate surface area is 199 Å². The molecule has 0 aliphatic carbocycles. The largest absolute Gasteiger partial charge is 0.494 e. The molecule has 0 aliphatic rings. The van der Waals surface area contributed by atoms with Gasteiger partial charge >= 0.3 is 0 Å². The number of nitrogens with one attached hydrogen (secondary N) is 1. The molecule has 3 N–H and O–H groups in total. The third-order valence-corrected chi connectivity index (χ3v) is 6.05. The summed E-state index contributed by atoms with van der Waals surface area (Å²) in [6, 6.07) is 18.0. The van der Waals surface area contributed by atoms with Crippen LogP contribution in [-0.4, -0.2) is 41.5 Å². The van der Waals surface area contributed by atoms with Crippen molar-refractivity contribution in [2.24, 2.45) is 0 Å². The molecule has 182 valence electrons. The molecule has 0 heterocycles. The molecule has 2 aromatic carbocycles. The summed E-state index contributed by atoms with van der Waals surface area (Å²) in [7, 11) is 0. The van der Waals surface area contributed by atoms with Gasteiger partial charge in [0.05, 0.1) is 25.4 Å². The van der Waals surface area contributed by atoms with Crippen molar-refractivity contribution < 1.29 is 19.7 Å². The van der Waals surface area contributed by atoms with Crippen LogP contribution in [0.5, 0.6) is 5.75 Å². The number of rotatable bonds is 17. The van der Waals surface area contributed by atoms with Crippen molar-refractivity contribution in [2.45, 2.75) is 76.7 Å². The van der Waals surface area contributed by atoms with Crippen molar-refractivity contribution in [3.05, 3.63) is 65.7 Å². The normalized spacial score (nSPS) is 11.4. The van der Waals surface area contributed by atoms with Gasteiger partial charge in [-0.25, -0.2) is 0 Å². The van der Waals surface area contributed by atoms with Crippen LogP contribution in [0, 0.1) is 0 Å². The van der Waals surface area contributed by atoms with E-state index in [2.05, 4.69) is 12.2 Å². The number of aryl methyl sites for hydroxylation is 2. The molecule has 0 radical (unpaired) electrons. The second kappa shape index (κ2) is 15.5. The summed E-state index contributed by atoms with van der Waals surface area (Å²) < 4.78 is 5.81. The van der Waals surface area contributed by atoms with Gasteiger partial charge in [-0.1, -0.05) is 75.1 Å². The van der Waals surface area contributed by atoms with Crippen LogP contribution in [-0.2, 0) is 17.6 Å². The topological polar surface area (TPSA) is 78.8 Å². The van der Waals surface area contributed by atoms with Gasteiger partial charge in [0.25, 0.3) is 0 Å². The van der Waals surface area contributed by atoms with Crippen LogP contribution >= 0.6 is 0 Å². The first-order chi connectivity index (χ1) is 16.1. The molecule has 0 bridgehead atoms. The fourth-order valence-corrected chi connectivity index (χ4v) is 3.84. The molecule has 5 nitrogen and oxygen atoms in total. The average Bonchev–Trinajstić information content (AvgIpc) is 2.85. The molecule has 0 atom stereocenters. The molecule has 33 heavy (non-hydrogen) atoms. The number of unbranched alkanes of at least 4 members (excludes halogenated alkanes) is 4. The lowest BCUT2D eigenvalue weighted by atomic mass is 9.92. The molecule has 2 aromatic rings. The van der Waals surface area contributed by atoms with Gasteiger partial charge in [-0.3, -0.25) is 4.79 Å². The van der Waals surface area contributed by atoms with E-state index in [4.69, 9.17) is 4.74 Å². The van der Waals surface area contributed by atoms with Gasteiger partial charge < -0.3 is 20.3 Å². The second-order valence-electron chi connectivity index (χ2n) is 8.89. The molecule has 0 saturated heterocycles. The van der Waals surface area contributed by atoms with Gasteiger partial charge in [0.1, 0.15) is 5.75 Å². The lowest BCUT2D eigenvalue weighted by molar-refractivity contribution is -0.124. The first-order valence-corrected chi connectivity index (χ1v) is 12.4. The fraction of sp³-hybridized carbons (Fsp3) is 0.536. The van der Waals surface area contributed by atoms with E-state index in [0.29, 0.717) is 19.3 Å². The number of ether oxygens (including phenoxy) is 1. The molecule has 2 rings (SSSR count). The third-order valence-electron chi connectivity index (χ3n) is 6.05. The number of aliphatic hydroxyl groups is 2. The molecule has 0 spiro atoms. The van der Waals surface area contributed by atoms with Crippen LogP contribution in [0.1, 0.15) is 69.4 Å². The highest BCUT2D eigenvalue weighted by Gasteiger charge is 2.30. The van der Waals surface area contributed by atoms with Crippen LogP contribution in [0.15, 0.2) is 54.6 Å². The molecule has 0 unspecified atom stereocenters. The predicted octanol–water partition coefficient (Wildman–Crippen LogP) is 4.83. The molecule has 0 aromatic heterocycles. The lowest BCUT2D eigenvalue weighted by Gasteiger charge is -2.31. The van der Waals surface area contributed by atoms with Crippen LogP contribution in [0.4, 0.5) is 0 Å². The van der Waals surface area contributed by atoms with Crippen LogP contribution in [0.25, 0.3) is 0 Å². The number of carbonyl (C=O) groups excluding carboxylic acids is 1. The van der Waals surface area contributed by atoms with E-state index in [1.54, 1.807) is 0 Å².